The van der Waals surface area contributed by atoms with Gasteiger partial charge in [0.05, 0.1) is 17.4 Å². The minimum absolute atomic E-state index is 0.205. The van der Waals surface area contributed by atoms with Crippen LogP contribution in [0.1, 0.15) is 35.3 Å². The summed E-state index contributed by atoms with van der Waals surface area (Å²) >= 11 is 0. The molecule has 0 fully saturated rings. The van der Waals surface area contributed by atoms with Gasteiger partial charge in [0, 0.05) is 24.7 Å². The predicted octanol–water partition coefficient (Wildman–Crippen LogP) is 3.12. The van der Waals surface area contributed by atoms with Crippen molar-refractivity contribution in [1.82, 2.24) is 20.1 Å². The highest BCUT2D eigenvalue weighted by Gasteiger charge is 2.18. The van der Waals surface area contributed by atoms with E-state index in [1.54, 1.807) is 18.3 Å². The van der Waals surface area contributed by atoms with Gasteiger partial charge in [0.15, 0.2) is 5.65 Å². The molecule has 1 aliphatic heterocycles. The smallest absolute Gasteiger partial charge is 0.257 e. The van der Waals surface area contributed by atoms with Crippen molar-refractivity contribution >= 4 is 22.6 Å². The van der Waals surface area contributed by atoms with E-state index in [1.807, 2.05) is 10.7 Å². The third-order valence-corrected chi connectivity index (χ3v) is 4.73. The van der Waals surface area contributed by atoms with Crippen LogP contribution in [0.4, 0.5) is 10.1 Å². The molecule has 2 aromatic heterocycles. The number of nitrogens with zero attached hydrogens (tertiary/aromatic N) is 3. The van der Waals surface area contributed by atoms with Crippen LogP contribution in [0.25, 0.3) is 11.0 Å². The second-order valence-electron chi connectivity index (χ2n) is 7.30. The van der Waals surface area contributed by atoms with Gasteiger partial charge in [-0.1, -0.05) is 19.9 Å². The molecule has 6 nitrogen and oxygen atoms in total. The lowest BCUT2D eigenvalue weighted by atomic mass is 9.99. The van der Waals surface area contributed by atoms with Crippen molar-refractivity contribution in [2.75, 3.05) is 11.9 Å². The molecule has 0 unspecified atom stereocenters. The Bertz CT molecular complexity index is 1010. The number of rotatable bonds is 4. The zero-order valence-electron chi connectivity index (χ0n) is 15.4. The maximum atomic E-state index is 14.7. The Hall–Kier alpha value is -2.80. The van der Waals surface area contributed by atoms with Gasteiger partial charge >= 0.3 is 0 Å². The normalized spacial score (nSPS) is 13.8. The molecule has 0 atom stereocenters. The maximum Gasteiger partial charge on any atom is 0.257 e. The van der Waals surface area contributed by atoms with E-state index in [1.165, 1.54) is 6.20 Å². The van der Waals surface area contributed by atoms with Crippen molar-refractivity contribution in [3.05, 3.63) is 53.1 Å². The number of hydrogen-bond donors (Lipinski definition) is 2. The number of hydrogen-bond acceptors (Lipinski definition) is 4. The fourth-order valence-electron chi connectivity index (χ4n) is 3.40. The third-order valence-electron chi connectivity index (χ3n) is 4.73. The molecule has 0 radical (unpaired) electrons. The Labute approximate surface area is 156 Å². The molecular weight excluding hydrogens is 345 g/mol. The SMILES string of the molecule is CC(C)Cn1ncc2cc(C(=O)Nc3ccc4c(c3F)CCNC4)cnc21. The lowest BCUT2D eigenvalue weighted by molar-refractivity contribution is 0.102. The van der Waals surface area contributed by atoms with E-state index in [0.717, 1.165) is 29.7 Å². The Morgan fingerprint density at radius 3 is 3.04 bits per heavy atom. The molecule has 2 N–H and O–H groups in total. The molecule has 27 heavy (non-hydrogen) atoms. The highest BCUT2D eigenvalue weighted by molar-refractivity contribution is 6.05. The Morgan fingerprint density at radius 2 is 2.22 bits per heavy atom. The van der Waals surface area contributed by atoms with E-state index in [4.69, 9.17) is 0 Å². The van der Waals surface area contributed by atoms with Gasteiger partial charge in [0.2, 0.25) is 0 Å². The van der Waals surface area contributed by atoms with Crippen molar-refractivity contribution in [2.45, 2.75) is 33.4 Å². The number of carbonyl (C=O) groups is 1. The van der Waals surface area contributed by atoms with E-state index < -0.39 is 0 Å². The summed E-state index contributed by atoms with van der Waals surface area (Å²) in [5.74, 6) is -0.282. The van der Waals surface area contributed by atoms with Gasteiger partial charge < -0.3 is 10.6 Å². The molecular formula is C20H22FN5O. The molecule has 4 rings (SSSR count). The van der Waals surface area contributed by atoms with E-state index in [2.05, 4.69) is 34.6 Å². The monoisotopic (exact) mass is 367 g/mol. The summed E-state index contributed by atoms with van der Waals surface area (Å²) in [6.45, 7) is 6.37. The molecule has 1 aliphatic rings. The minimum Gasteiger partial charge on any atom is -0.319 e. The first-order valence-electron chi connectivity index (χ1n) is 9.17. The summed E-state index contributed by atoms with van der Waals surface area (Å²) in [4.78, 5) is 17.0. The molecule has 3 aromatic rings. The molecule has 140 valence electrons. The number of aromatic nitrogens is 3. The van der Waals surface area contributed by atoms with Gasteiger partial charge in [-0.05, 0) is 42.1 Å². The highest BCUT2D eigenvalue weighted by atomic mass is 19.1. The van der Waals surface area contributed by atoms with Crippen molar-refractivity contribution in [3.63, 3.8) is 0 Å². The van der Waals surface area contributed by atoms with E-state index >= 15 is 0 Å². The fourth-order valence-corrected chi connectivity index (χ4v) is 3.40. The Kier molecular flexibility index (Phi) is 4.61. The van der Waals surface area contributed by atoms with Crippen molar-refractivity contribution in [1.29, 1.82) is 0 Å². The first kappa shape index (κ1) is 17.6. The molecule has 1 amide bonds. The number of carbonyl (C=O) groups excluding carboxylic acids is 1. The first-order valence-corrected chi connectivity index (χ1v) is 9.17. The second-order valence-corrected chi connectivity index (χ2v) is 7.30. The topological polar surface area (TPSA) is 71.8 Å². The maximum absolute atomic E-state index is 14.7. The number of benzene rings is 1. The summed E-state index contributed by atoms with van der Waals surface area (Å²) in [7, 11) is 0. The van der Waals surface area contributed by atoms with E-state index in [-0.39, 0.29) is 17.4 Å². The van der Waals surface area contributed by atoms with Crippen molar-refractivity contribution in [2.24, 2.45) is 5.92 Å². The number of amides is 1. The molecule has 0 saturated heterocycles. The quantitative estimate of drug-likeness (QED) is 0.743. The van der Waals surface area contributed by atoms with Gasteiger partial charge in [0.1, 0.15) is 5.82 Å². The Morgan fingerprint density at radius 1 is 1.37 bits per heavy atom. The number of nitrogens with one attached hydrogen (secondary N) is 2. The van der Waals surface area contributed by atoms with E-state index in [9.17, 15) is 9.18 Å². The summed E-state index contributed by atoms with van der Waals surface area (Å²) < 4.78 is 16.6. The number of halogens is 1. The fraction of sp³-hybridized carbons (Fsp3) is 0.350. The van der Waals surface area contributed by atoms with Crippen LogP contribution >= 0.6 is 0 Å². The van der Waals surface area contributed by atoms with Crippen molar-refractivity contribution < 1.29 is 9.18 Å². The van der Waals surface area contributed by atoms with Crippen molar-refractivity contribution in [3.8, 4) is 0 Å². The average molecular weight is 367 g/mol. The van der Waals surface area contributed by atoms with Crippen LogP contribution in [0.2, 0.25) is 0 Å². The molecule has 7 heteroatoms. The van der Waals surface area contributed by atoms with Crippen LogP contribution in [0.15, 0.2) is 30.6 Å². The summed E-state index contributed by atoms with van der Waals surface area (Å²) in [5.41, 5.74) is 2.95. The molecule has 3 heterocycles. The van der Waals surface area contributed by atoms with Crippen LogP contribution in [-0.4, -0.2) is 27.2 Å². The first-order chi connectivity index (χ1) is 13.0. The molecule has 0 aliphatic carbocycles. The summed E-state index contributed by atoms with van der Waals surface area (Å²) in [6.07, 6.45) is 3.83. The Balaban J connectivity index is 1.58. The van der Waals surface area contributed by atoms with Gasteiger partial charge in [-0.3, -0.25) is 4.79 Å². The summed E-state index contributed by atoms with van der Waals surface area (Å²) in [5, 5.41) is 11.0. The van der Waals surface area contributed by atoms with Crippen LogP contribution in [-0.2, 0) is 19.5 Å². The van der Waals surface area contributed by atoms with Gasteiger partial charge in [-0.15, -0.1) is 0 Å². The van der Waals surface area contributed by atoms with Gasteiger partial charge in [-0.2, -0.15) is 5.10 Å². The molecule has 1 aromatic carbocycles. The largest absolute Gasteiger partial charge is 0.319 e. The molecule has 0 spiro atoms. The molecule has 0 bridgehead atoms. The zero-order chi connectivity index (χ0) is 19.0. The van der Waals surface area contributed by atoms with Gasteiger partial charge in [0.25, 0.3) is 5.91 Å². The van der Waals surface area contributed by atoms with Crippen LogP contribution in [0, 0.1) is 11.7 Å². The second kappa shape index (κ2) is 7.08. The number of anilines is 1. The third kappa shape index (κ3) is 3.42. The lowest BCUT2D eigenvalue weighted by Crippen LogP contribution is -2.25. The zero-order valence-corrected chi connectivity index (χ0v) is 15.4. The van der Waals surface area contributed by atoms with Crippen LogP contribution in [0.3, 0.4) is 0 Å². The minimum atomic E-state index is -0.381. The standard InChI is InChI=1S/C20H22FN5O/c1-12(2)11-26-19-14(10-24-26)7-15(9-23-19)20(27)25-17-4-3-13-8-22-6-5-16(13)18(17)21/h3-4,7,9-10,12,22H,5-6,8,11H2,1-2H3,(H,25,27). The van der Waals surface area contributed by atoms with E-state index in [0.29, 0.717) is 30.0 Å². The predicted molar refractivity (Wildman–Crippen MR) is 102 cm³/mol. The number of pyridine rings is 1. The highest BCUT2D eigenvalue weighted by Crippen LogP contribution is 2.25. The van der Waals surface area contributed by atoms with Gasteiger partial charge in [-0.25, -0.2) is 14.1 Å². The lowest BCUT2D eigenvalue weighted by Gasteiger charge is -2.19. The summed E-state index contributed by atoms with van der Waals surface area (Å²) in [6, 6.07) is 5.21. The molecule has 0 saturated carbocycles. The average Bonchev–Trinajstić information content (AvgIpc) is 3.05. The van der Waals surface area contributed by atoms with Crippen LogP contribution in [0.5, 0.6) is 0 Å². The van der Waals surface area contributed by atoms with Crippen LogP contribution < -0.4 is 10.6 Å². The number of fused-ring (bicyclic) bond motifs is 2.